The molecular weight excluding hydrogens is 286 g/mol. The monoisotopic (exact) mass is 303 g/mol. The summed E-state index contributed by atoms with van der Waals surface area (Å²) in [6, 6.07) is 8.02. The van der Waals surface area contributed by atoms with Gasteiger partial charge in [0, 0.05) is 12.8 Å². The molecule has 2 aromatic heterocycles. The predicted octanol–water partition coefficient (Wildman–Crippen LogP) is 1.68. The van der Waals surface area contributed by atoms with Gasteiger partial charge in [0.15, 0.2) is 5.82 Å². The van der Waals surface area contributed by atoms with Crippen LogP contribution in [-0.2, 0) is 12.8 Å². The maximum Gasteiger partial charge on any atom is 0.234 e. The van der Waals surface area contributed by atoms with E-state index in [0.717, 1.165) is 33.5 Å². The van der Waals surface area contributed by atoms with Crippen molar-refractivity contribution < 1.29 is 4.74 Å². The van der Waals surface area contributed by atoms with E-state index in [1.165, 1.54) is 0 Å². The molecule has 0 aliphatic carbocycles. The third kappa shape index (κ3) is 3.03. The Labute approximate surface area is 126 Å². The van der Waals surface area contributed by atoms with Gasteiger partial charge in [0.2, 0.25) is 4.96 Å². The topological polar surface area (TPSA) is 78.3 Å². The lowest BCUT2D eigenvalue weighted by Gasteiger charge is -2.03. The molecule has 2 heterocycles. The van der Waals surface area contributed by atoms with Gasteiger partial charge in [0.05, 0.1) is 6.61 Å². The Kier molecular flexibility index (Phi) is 4.12. The molecule has 0 saturated heterocycles. The van der Waals surface area contributed by atoms with Crippen molar-refractivity contribution in [2.24, 2.45) is 5.73 Å². The highest BCUT2D eigenvalue weighted by atomic mass is 32.1. The third-order valence-electron chi connectivity index (χ3n) is 3.05. The Morgan fingerprint density at radius 1 is 1.24 bits per heavy atom. The van der Waals surface area contributed by atoms with Crippen molar-refractivity contribution in [1.29, 1.82) is 0 Å². The first kappa shape index (κ1) is 14.0. The van der Waals surface area contributed by atoms with Crippen LogP contribution in [0, 0.1) is 0 Å². The third-order valence-corrected chi connectivity index (χ3v) is 4.01. The Morgan fingerprint density at radius 3 is 2.76 bits per heavy atom. The van der Waals surface area contributed by atoms with E-state index in [4.69, 9.17) is 10.5 Å². The van der Waals surface area contributed by atoms with Crippen LogP contribution in [0.1, 0.15) is 23.3 Å². The highest BCUT2D eigenvalue weighted by molar-refractivity contribution is 7.16. The van der Waals surface area contributed by atoms with Crippen LogP contribution in [0.2, 0.25) is 0 Å². The number of aromatic nitrogens is 4. The molecule has 0 radical (unpaired) electrons. The predicted molar refractivity (Wildman–Crippen MR) is 81.8 cm³/mol. The number of ether oxygens (including phenoxy) is 1. The first-order valence-electron chi connectivity index (χ1n) is 6.92. The Morgan fingerprint density at radius 2 is 2.05 bits per heavy atom. The minimum absolute atomic E-state index is 0.596. The van der Waals surface area contributed by atoms with Crippen LogP contribution >= 0.6 is 11.3 Å². The van der Waals surface area contributed by atoms with Gasteiger partial charge in [0.1, 0.15) is 10.8 Å². The van der Waals surface area contributed by atoms with Crippen molar-refractivity contribution in [2.45, 2.75) is 19.8 Å². The van der Waals surface area contributed by atoms with Gasteiger partial charge in [-0.15, -0.1) is 10.2 Å². The number of hydrogen-bond donors (Lipinski definition) is 1. The molecule has 0 aliphatic heterocycles. The molecule has 110 valence electrons. The van der Waals surface area contributed by atoms with Crippen LogP contribution in [0.25, 0.3) is 4.96 Å². The van der Waals surface area contributed by atoms with Gasteiger partial charge in [-0.05, 0) is 31.2 Å². The van der Waals surface area contributed by atoms with Crippen molar-refractivity contribution in [3.8, 4) is 5.75 Å². The quantitative estimate of drug-likeness (QED) is 0.749. The van der Waals surface area contributed by atoms with Crippen molar-refractivity contribution in [1.82, 2.24) is 19.8 Å². The number of fused-ring (bicyclic) bond motifs is 1. The van der Waals surface area contributed by atoms with Crippen molar-refractivity contribution in [3.05, 3.63) is 40.7 Å². The van der Waals surface area contributed by atoms with Crippen LogP contribution in [0.15, 0.2) is 24.3 Å². The first-order chi connectivity index (χ1) is 10.3. The maximum atomic E-state index is 5.56. The fourth-order valence-corrected chi connectivity index (χ4v) is 2.95. The van der Waals surface area contributed by atoms with E-state index in [0.29, 0.717) is 19.6 Å². The van der Waals surface area contributed by atoms with E-state index in [2.05, 4.69) is 15.3 Å². The van der Waals surface area contributed by atoms with E-state index in [1.54, 1.807) is 11.3 Å². The van der Waals surface area contributed by atoms with E-state index >= 15 is 0 Å². The van der Waals surface area contributed by atoms with Gasteiger partial charge in [-0.2, -0.15) is 9.61 Å². The Bertz CT molecular complexity index is 719. The van der Waals surface area contributed by atoms with Crippen LogP contribution in [0.5, 0.6) is 5.75 Å². The molecule has 0 saturated carbocycles. The average Bonchev–Trinajstić information content (AvgIpc) is 3.03. The number of benzene rings is 1. The summed E-state index contributed by atoms with van der Waals surface area (Å²) in [6.07, 6.45) is 1.47. The number of rotatable bonds is 6. The molecule has 0 fully saturated rings. The summed E-state index contributed by atoms with van der Waals surface area (Å²) in [4.78, 5) is 0.819. The summed E-state index contributed by atoms with van der Waals surface area (Å²) in [6.45, 7) is 3.24. The molecule has 7 heteroatoms. The molecule has 0 spiro atoms. The van der Waals surface area contributed by atoms with Crippen molar-refractivity contribution in [3.63, 3.8) is 0 Å². The highest BCUT2D eigenvalue weighted by Gasteiger charge is 2.11. The first-order valence-corrected chi connectivity index (χ1v) is 7.73. The smallest absolute Gasteiger partial charge is 0.234 e. The zero-order valence-electron chi connectivity index (χ0n) is 11.8. The minimum atomic E-state index is 0.596. The van der Waals surface area contributed by atoms with Gasteiger partial charge in [0.25, 0.3) is 0 Å². The average molecular weight is 303 g/mol. The van der Waals surface area contributed by atoms with Gasteiger partial charge in [-0.1, -0.05) is 23.5 Å². The number of nitrogens with zero attached hydrogens (tertiary/aromatic N) is 4. The summed E-state index contributed by atoms with van der Waals surface area (Å²) in [5.74, 6) is 1.72. The highest BCUT2D eigenvalue weighted by Crippen LogP contribution is 2.18. The van der Waals surface area contributed by atoms with Gasteiger partial charge in [-0.25, -0.2) is 0 Å². The van der Waals surface area contributed by atoms with Gasteiger partial charge in [-0.3, -0.25) is 0 Å². The summed E-state index contributed by atoms with van der Waals surface area (Å²) < 4.78 is 7.25. The summed E-state index contributed by atoms with van der Waals surface area (Å²) in [5, 5.41) is 13.9. The Balaban J connectivity index is 1.80. The lowest BCUT2D eigenvalue weighted by Crippen LogP contribution is -2.04. The second-order valence-electron chi connectivity index (χ2n) is 4.60. The molecule has 0 aliphatic rings. The molecule has 21 heavy (non-hydrogen) atoms. The second kappa shape index (κ2) is 6.19. The van der Waals surface area contributed by atoms with E-state index < -0.39 is 0 Å². The van der Waals surface area contributed by atoms with Gasteiger partial charge >= 0.3 is 0 Å². The molecule has 3 rings (SSSR count). The summed E-state index contributed by atoms with van der Waals surface area (Å²) >= 11 is 1.54. The molecule has 0 amide bonds. The molecule has 1 aromatic carbocycles. The number of nitrogens with two attached hydrogens (primary N) is 1. The molecule has 2 N–H and O–H groups in total. The van der Waals surface area contributed by atoms with Crippen LogP contribution in [0.4, 0.5) is 0 Å². The molecular formula is C14H17N5OS. The second-order valence-corrected chi connectivity index (χ2v) is 5.64. The largest absolute Gasteiger partial charge is 0.494 e. The Hall–Kier alpha value is -1.99. The van der Waals surface area contributed by atoms with Gasteiger partial charge < -0.3 is 10.5 Å². The fourth-order valence-electron chi connectivity index (χ4n) is 2.08. The minimum Gasteiger partial charge on any atom is -0.494 e. The maximum absolute atomic E-state index is 5.56. The molecule has 0 unspecified atom stereocenters. The summed E-state index contributed by atoms with van der Waals surface area (Å²) in [7, 11) is 0. The normalized spacial score (nSPS) is 11.1. The number of hydrogen-bond acceptors (Lipinski definition) is 6. The van der Waals surface area contributed by atoms with E-state index in [9.17, 15) is 0 Å². The van der Waals surface area contributed by atoms with Crippen LogP contribution in [-0.4, -0.2) is 33.0 Å². The molecule has 0 atom stereocenters. The zero-order valence-corrected chi connectivity index (χ0v) is 12.6. The fraction of sp³-hybridized carbons (Fsp3) is 0.357. The van der Waals surface area contributed by atoms with Crippen molar-refractivity contribution >= 4 is 16.3 Å². The molecule has 0 bridgehead atoms. The van der Waals surface area contributed by atoms with E-state index in [1.807, 2.05) is 35.7 Å². The molecule has 3 aromatic rings. The van der Waals surface area contributed by atoms with Crippen molar-refractivity contribution in [2.75, 3.05) is 13.2 Å². The molecule has 6 nitrogen and oxygen atoms in total. The summed E-state index contributed by atoms with van der Waals surface area (Å²) in [5.41, 5.74) is 6.71. The lowest BCUT2D eigenvalue weighted by atomic mass is 10.1. The van der Waals surface area contributed by atoms with E-state index in [-0.39, 0.29) is 0 Å². The van der Waals surface area contributed by atoms with Crippen LogP contribution in [0.3, 0.4) is 0 Å². The standard InChI is InChI=1S/C14H17N5OS/c1-2-20-11-5-3-10(4-6-11)9-12-16-17-14-19(12)18-13(21-14)7-8-15/h3-6H,2,7-9,15H2,1H3. The lowest BCUT2D eigenvalue weighted by molar-refractivity contribution is 0.340. The SMILES string of the molecule is CCOc1ccc(Cc2nnc3sc(CCN)nn23)cc1. The zero-order chi connectivity index (χ0) is 14.7. The van der Waals surface area contributed by atoms with Crippen LogP contribution < -0.4 is 10.5 Å².